The van der Waals surface area contributed by atoms with Crippen LogP contribution in [-0.4, -0.2) is 15.8 Å². The number of rotatable bonds is 2. The third kappa shape index (κ3) is 2.29. The van der Waals surface area contributed by atoms with E-state index in [1.165, 1.54) is 18.5 Å². The van der Waals surface area contributed by atoms with E-state index in [2.05, 4.69) is 25.0 Å². The van der Waals surface area contributed by atoms with Crippen LogP contribution in [0.3, 0.4) is 0 Å². The molecule has 3 nitrogen and oxygen atoms in total. The van der Waals surface area contributed by atoms with Crippen molar-refractivity contribution in [3.05, 3.63) is 18.0 Å². The van der Waals surface area contributed by atoms with Crippen molar-refractivity contribution in [1.29, 1.82) is 0 Å². The highest BCUT2D eigenvalue weighted by molar-refractivity contribution is 5.11. The van der Waals surface area contributed by atoms with Crippen LogP contribution in [0.25, 0.3) is 0 Å². The molecule has 0 amide bonds. The van der Waals surface area contributed by atoms with E-state index in [0.717, 1.165) is 18.3 Å². The topological polar surface area (TPSA) is 43.8 Å². The van der Waals surface area contributed by atoms with Crippen LogP contribution >= 0.6 is 0 Å². The Labute approximate surface area is 98.0 Å². The molecule has 0 radical (unpaired) electrons. The minimum absolute atomic E-state index is 0.296. The van der Waals surface area contributed by atoms with Gasteiger partial charge in [0.2, 0.25) is 0 Å². The highest BCUT2D eigenvalue weighted by atomic mass is 15.2. The van der Waals surface area contributed by atoms with E-state index in [0.29, 0.717) is 12.0 Å². The number of aromatic nitrogens is 2. The molecule has 1 saturated carbocycles. The zero-order chi connectivity index (χ0) is 11.7. The zero-order valence-electron chi connectivity index (χ0n) is 10.6. The smallest absolute Gasteiger partial charge is 0.0670 e. The first-order valence-electron chi connectivity index (χ1n) is 6.33. The molecule has 16 heavy (non-hydrogen) atoms. The molecule has 3 unspecified atom stereocenters. The second kappa shape index (κ2) is 4.58. The first-order valence-corrected chi connectivity index (χ1v) is 6.33. The van der Waals surface area contributed by atoms with E-state index in [4.69, 9.17) is 5.73 Å². The molecule has 1 heterocycles. The minimum Gasteiger partial charge on any atom is -0.327 e. The second-order valence-electron chi connectivity index (χ2n) is 5.50. The van der Waals surface area contributed by atoms with Crippen LogP contribution in [0.1, 0.15) is 44.7 Å². The number of nitrogens with two attached hydrogens (primary N) is 1. The Morgan fingerprint density at radius 1 is 1.44 bits per heavy atom. The first-order chi connectivity index (χ1) is 7.58. The number of aryl methyl sites for hydroxylation is 1. The van der Waals surface area contributed by atoms with Gasteiger partial charge in [-0.2, -0.15) is 5.10 Å². The molecule has 90 valence electrons. The standard InChI is InChI=1S/C13H23N3/c1-9(2)10-4-5-12(14)11(8-10)13-6-7-16(3)15-13/h6-7,9-12H,4-5,8,14H2,1-3H3. The average molecular weight is 221 g/mol. The monoisotopic (exact) mass is 221 g/mol. The molecule has 0 spiro atoms. The van der Waals surface area contributed by atoms with Crippen molar-refractivity contribution in [3.8, 4) is 0 Å². The summed E-state index contributed by atoms with van der Waals surface area (Å²) in [7, 11) is 1.97. The summed E-state index contributed by atoms with van der Waals surface area (Å²) in [6, 6.07) is 2.41. The summed E-state index contributed by atoms with van der Waals surface area (Å²) in [6.45, 7) is 4.63. The van der Waals surface area contributed by atoms with Crippen molar-refractivity contribution in [3.63, 3.8) is 0 Å². The van der Waals surface area contributed by atoms with E-state index < -0.39 is 0 Å². The third-order valence-corrected chi connectivity index (χ3v) is 4.00. The fourth-order valence-corrected chi connectivity index (χ4v) is 2.80. The molecule has 0 aliphatic heterocycles. The van der Waals surface area contributed by atoms with Crippen LogP contribution in [-0.2, 0) is 7.05 Å². The van der Waals surface area contributed by atoms with Crippen molar-refractivity contribution >= 4 is 0 Å². The molecule has 1 aliphatic rings. The molecule has 0 aromatic carbocycles. The van der Waals surface area contributed by atoms with Crippen LogP contribution in [0.4, 0.5) is 0 Å². The summed E-state index contributed by atoms with van der Waals surface area (Å²) in [6.07, 6.45) is 5.64. The lowest BCUT2D eigenvalue weighted by Crippen LogP contribution is -2.36. The maximum Gasteiger partial charge on any atom is 0.0670 e. The molecule has 3 heteroatoms. The van der Waals surface area contributed by atoms with Gasteiger partial charge in [-0.05, 0) is 37.2 Å². The minimum atomic E-state index is 0.296. The lowest BCUT2D eigenvalue weighted by Gasteiger charge is -2.35. The summed E-state index contributed by atoms with van der Waals surface area (Å²) in [5.74, 6) is 2.04. The van der Waals surface area contributed by atoms with Gasteiger partial charge in [0.15, 0.2) is 0 Å². The molecule has 2 rings (SSSR count). The Morgan fingerprint density at radius 2 is 2.19 bits per heavy atom. The Hall–Kier alpha value is -0.830. The predicted molar refractivity (Wildman–Crippen MR) is 66.1 cm³/mol. The Bertz CT molecular complexity index is 343. The quantitative estimate of drug-likeness (QED) is 0.832. The maximum absolute atomic E-state index is 6.23. The molecular weight excluding hydrogens is 198 g/mol. The lowest BCUT2D eigenvalue weighted by molar-refractivity contribution is 0.230. The van der Waals surface area contributed by atoms with Gasteiger partial charge in [0.25, 0.3) is 0 Å². The molecule has 1 aromatic rings. The van der Waals surface area contributed by atoms with Crippen molar-refractivity contribution < 1.29 is 0 Å². The SMILES string of the molecule is CC(C)C1CCC(N)C(c2ccn(C)n2)C1. The van der Waals surface area contributed by atoms with Crippen LogP contribution < -0.4 is 5.73 Å². The molecule has 0 saturated heterocycles. The van der Waals surface area contributed by atoms with Gasteiger partial charge in [-0.15, -0.1) is 0 Å². The molecule has 2 N–H and O–H groups in total. The van der Waals surface area contributed by atoms with E-state index in [1.807, 2.05) is 17.9 Å². The zero-order valence-corrected chi connectivity index (χ0v) is 10.6. The molecule has 1 aliphatic carbocycles. The van der Waals surface area contributed by atoms with E-state index in [-0.39, 0.29) is 0 Å². The van der Waals surface area contributed by atoms with Gasteiger partial charge in [0.05, 0.1) is 5.69 Å². The van der Waals surface area contributed by atoms with Crippen LogP contribution in [0, 0.1) is 11.8 Å². The summed E-state index contributed by atoms with van der Waals surface area (Å²) in [5.41, 5.74) is 7.41. The fourth-order valence-electron chi connectivity index (χ4n) is 2.80. The Morgan fingerprint density at radius 3 is 2.75 bits per heavy atom. The van der Waals surface area contributed by atoms with Gasteiger partial charge in [-0.25, -0.2) is 0 Å². The largest absolute Gasteiger partial charge is 0.327 e. The third-order valence-electron chi connectivity index (χ3n) is 4.00. The van der Waals surface area contributed by atoms with E-state index in [1.54, 1.807) is 0 Å². The van der Waals surface area contributed by atoms with E-state index >= 15 is 0 Å². The van der Waals surface area contributed by atoms with Gasteiger partial charge < -0.3 is 5.73 Å². The summed E-state index contributed by atoms with van der Waals surface area (Å²) in [5, 5.41) is 4.52. The van der Waals surface area contributed by atoms with Gasteiger partial charge in [0.1, 0.15) is 0 Å². The van der Waals surface area contributed by atoms with Gasteiger partial charge in [-0.3, -0.25) is 4.68 Å². The normalized spacial score (nSPS) is 30.9. The van der Waals surface area contributed by atoms with Crippen molar-refractivity contribution in [2.24, 2.45) is 24.6 Å². The summed E-state index contributed by atoms with van der Waals surface area (Å²) in [4.78, 5) is 0. The fraction of sp³-hybridized carbons (Fsp3) is 0.769. The van der Waals surface area contributed by atoms with E-state index in [9.17, 15) is 0 Å². The molecule has 0 bridgehead atoms. The molecule has 1 fully saturated rings. The van der Waals surface area contributed by atoms with Gasteiger partial charge in [0, 0.05) is 25.2 Å². The van der Waals surface area contributed by atoms with Gasteiger partial charge >= 0.3 is 0 Å². The molecular formula is C13H23N3. The number of hydrogen-bond acceptors (Lipinski definition) is 2. The second-order valence-corrected chi connectivity index (χ2v) is 5.50. The molecule has 3 atom stereocenters. The van der Waals surface area contributed by atoms with Gasteiger partial charge in [-0.1, -0.05) is 13.8 Å². The van der Waals surface area contributed by atoms with Crippen molar-refractivity contribution in [1.82, 2.24) is 9.78 Å². The maximum atomic E-state index is 6.23. The first kappa shape index (κ1) is 11.6. The number of hydrogen-bond donors (Lipinski definition) is 1. The summed E-state index contributed by atoms with van der Waals surface area (Å²) < 4.78 is 1.88. The number of nitrogens with zero attached hydrogens (tertiary/aromatic N) is 2. The molecule has 1 aromatic heterocycles. The van der Waals surface area contributed by atoms with Crippen LogP contribution in [0.5, 0.6) is 0 Å². The van der Waals surface area contributed by atoms with Crippen molar-refractivity contribution in [2.75, 3.05) is 0 Å². The Kier molecular flexibility index (Phi) is 3.33. The highest BCUT2D eigenvalue weighted by Gasteiger charge is 2.31. The Balaban J connectivity index is 2.12. The summed E-state index contributed by atoms with van der Waals surface area (Å²) >= 11 is 0. The average Bonchev–Trinajstić information content (AvgIpc) is 2.65. The van der Waals surface area contributed by atoms with Crippen molar-refractivity contribution in [2.45, 2.75) is 45.1 Å². The highest BCUT2D eigenvalue weighted by Crippen LogP contribution is 2.37. The van der Waals surface area contributed by atoms with Crippen LogP contribution in [0.2, 0.25) is 0 Å². The lowest BCUT2D eigenvalue weighted by atomic mass is 9.73. The van der Waals surface area contributed by atoms with Crippen LogP contribution in [0.15, 0.2) is 12.3 Å². The predicted octanol–water partition coefficient (Wildman–Crippen LogP) is 2.29.